The highest BCUT2D eigenvalue weighted by Crippen LogP contribution is 2.32. The molecule has 32 heavy (non-hydrogen) atoms. The molecule has 8 heteroatoms. The Balaban J connectivity index is 1.89. The van der Waals surface area contributed by atoms with Crippen LogP contribution in [0.4, 0.5) is 5.69 Å². The van der Waals surface area contributed by atoms with Gasteiger partial charge in [-0.05, 0) is 43.7 Å². The number of rotatable bonds is 6. The van der Waals surface area contributed by atoms with Crippen LogP contribution in [0.15, 0.2) is 18.2 Å². The van der Waals surface area contributed by atoms with E-state index in [4.69, 9.17) is 14.2 Å². The van der Waals surface area contributed by atoms with Gasteiger partial charge >= 0.3 is 0 Å². The van der Waals surface area contributed by atoms with Crippen molar-refractivity contribution < 1.29 is 23.8 Å². The van der Waals surface area contributed by atoms with E-state index in [0.29, 0.717) is 30.2 Å². The summed E-state index contributed by atoms with van der Waals surface area (Å²) < 4.78 is 16.9. The van der Waals surface area contributed by atoms with Gasteiger partial charge in [0.05, 0.1) is 11.7 Å². The Bertz CT molecular complexity index is 798. The van der Waals surface area contributed by atoms with Crippen LogP contribution < -0.4 is 10.1 Å². The minimum absolute atomic E-state index is 0.0383. The van der Waals surface area contributed by atoms with Gasteiger partial charge in [-0.25, -0.2) is 0 Å². The first kappa shape index (κ1) is 24.5. The average Bonchev–Trinajstić information content (AvgIpc) is 3.58. The molecule has 1 fully saturated rings. The van der Waals surface area contributed by atoms with Crippen molar-refractivity contribution in [2.24, 2.45) is 11.8 Å². The predicted octanol–water partition coefficient (Wildman–Crippen LogP) is 2.49. The van der Waals surface area contributed by atoms with Crippen LogP contribution >= 0.6 is 0 Å². The first-order valence-corrected chi connectivity index (χ1v) is 11.4. The standard InChI is InChI=1S/C24H37N3O5/c1-16-11-27(12-18-6-7-18)17(2)14-32-21-10-19(25-23(28)15-30-4)8-9-20(21)24(29)26(3)13-22(16)31-5/h8-10,16-18,22H,6-7,11-15H2,1-5H3,(H,25,28)/t16-,17+,22-/m0/s1. The van der Waals surface area contributed by atoms with Crippen molar-refractivity contribution >= 4 is 17.5 Å². The maximum atomic E-state index is 13.2. The molecule has 1 heterocycles. The van der Waals surface area contributed by atoms with Gasteiger partial charge in [0.15, 0.2) is 0 Å². The summed E-state index contributed by atoms with van der Waals surface area (Å²) in [6, 6.07) is 5.32. The van der Waals surface area contributed by atoms with Crippen LogP contribution in [-0.4, -0.2) is 87.9 Å². The Morgan fingerprint density at radius 2 is 1.97 bits per heavy atom. The van der Waals surface area contributed by atoms with E-state index in [0.717, 1.165) is 19.0 Å². The lowest BCUT2D eigenvalue weighted by Gasteiger charge is -2.36. The van der Waals surface area contributed by atoms with Crippen LogP contribution in [0.2, 0.25) is 0 Å². The van der Waals surface area contributed by atoms with Crippen LogP contribution in [-0.2, 0) is 14.3 Å². The first-order valence-electron chi connectivity index (χ1n) is 11.4. The molecule has 0 spiro atoms. The Kier molecular flexibility index (Phi) is 8.51. The molecular formula is C24H37N3O5. The monoisotopic (exact) mass is 447 g/mol. The second-order valence-electron chi connectivity index (χ2n) is 9.19. The molecule has 0 radical (unpaired) electrons. The number of hydrogen-bond acceptors (Lipinski definition) is 6. The third kappa shape index (κ3) is 6.43. The molecule has 8 nitrogen and oxygen atoms in total. The first-order chi connectivity index (χ1) is 15.3. The highest BCUT2D eigenvalue weighted by atomic mass is 16.5. The van der Waals surface area contributed by atoms with Gasteiger partial charge in [-0.1, -0.05) is 6.92 Å². The molecular weight excluding hydrogens is 410 g/mol. The summed E-state index contributed by atoms with van der Waals surface area (Å²) in [5.74, 6) is 1.11. The lowest BCUT2D eigenvalue weighted by Crippen LogP contribution is -2.47. The molecule has 1 aromatic carbocycles. The number of hydrogen-bond donors (Lipinski definition) is 1. The number of nitrogens with zero attached hydrogens (tertiary/aromatic N) is 2. The molecule has 1 N–H and O–H groups in total. The second kappa shape index (κ2) is 11.1. The van der Waals surface area contributed by atoms with Crippen molar-refractivity contribution in [3.8, 4) is 5.75 Å². The smallest absolute Gasteiger partial charge is 0.257 e. The number of benzene rings is 1. The van der Waals surface area contributed by atoms with E-state index in [9.17, 15) is 9.59 Å². The van der Waals surface area contributed by atoms with Crippen molar-refractivity contribution in [3.05, 3.63) is 23.8 Å². The van der Waals surface area contributed by atoms with Gasteiger partial charge in [-0.3, -0.25) is 14.5 Å². The summed E-state index contributed by atoms with van der Waals surface area (Å²) in [5.41, 5.74) is 1.04. The molecule has 3 rings (SSSR count). The summed E-state index contributed by atoms with van der Waals surface area (Å²) >= 11 is 0. The number of likely N-dealkylation sites (N-methyl/N-ethyl adjacent to an activating group) is 1. The second-order valence-corrected chi connectivity index (χ2v) is 9.19. The minimum Gasteiger partial charge on any atom is -0.491 e. The summed E-state index contributed by atoms with van der Waals surface area (Å²) in [5, 5.41) is 2.78. The molecule has 0 unspecified atom stereocenters. The number of amides is 2. The molecule has 2 amide bonds. The van der Waals surface area contributed by atoms with Gasteiger partial charge in [0.25, 0.3) is 5.91 Å². The highest BCUT2D eigenvalue weighted by molar-refractivity contribution is 5.98. The maximum Gasteiger partial charge on any atom is 0.257 e. The molecule has 1 aliphatic carbocycles. The third-order valence-electron chi connectivity index (χ3n) is 6.32. The van der Waals surface area contributed by atoms with Crippen LogP contribution in [0, 0.1) is 11.8 Å². The predicted molar refractivity (Wildman–Crippen MR) is 123 cm³/mol. The molecule has 178 valence electrons. The van der Waals surface area contributed by atoms with Crippen LogP contribution in [0.25, 0.3) is 0 Å². The van der Waals surface area contributed by atoms with Gasteiger partial charge in [-0.2, -0.15) is 0 Å². The zero-order valence-electron chi connectivity index (χ0n) is 19.9. The van der Waals surface area contributed by atoms with Crippen LogP contribution in [0.3, 0.4) is 0 Å². The van der Waals surface area contributed by atoms with E-state index in [2.05, 4.69) is 24.1 Å². The van der Waals surface area contributed by atoms with Crippen LogP contribution in [0.5, 0.6) is 5.75 Å². The lowest BCUT2D eigenvalue weighted by molar-refractivity contribution is -0.119. The Labute approximate surface area is 191 Å². The number of methoxy groups -OCH3 is 2. The highest BCUT2D eigenvalue weighted by Gasteiger charge is 2.31. The molecule has 1 aromatic rings. The number of anilines is 1. The van der Waals surface area contributed by atoms with E-state index < -0.39 is 0 Å². The molecule has 1 aliphatic heterocycles. The quantitative estimate of drug-likeness (QED) is 0.722. The number of ether oxygens (including phenoxy) is 3. The number of carbonyl (C=O) groups is 2. The number of fused-ring (bicyclic) bond motifs is 1. The molecule has 0 aromatic heterocycles. The fourth-order valence-corrected chi connectivity index (χ4v) is 4.14. The van der Waals surface area contributed by atoms with E-state index in [1.807, 2.05) is 0 Å². The normalized spacial score (nSPS) is 25.3. The van der Waals surface area contributed by atoms with Gasteiger partial charge < -0.3 is 24.4 Å². The maximum absolute atomic E-state index is 13.2. The largest absolute Gasteiger partial charge is 0.491 e. The van der Waals surface area contributed by atoms with E-state index in [-0.39, 0.29) is 36.5 Å². The summed E-state index contributed by atoms with van der Waals surface area (Å²) in [7, 11) is 4.97. The van der Waals surface area contributed by atoms with E-state index in [1.165, 1.54) is 20.0 Å². The van der Waals surface area contributed by atoms with Crippen molar-refractivity contribution in [1.82, 2.24) is 9.80 Å². The fraction of sp³-hybridized carbons (Fsp3) is 0.667. The Morgan fingerprint density at radius 3 is 2.62 bits per heavy atom. The van der Waals surface area contributed by atoms with Gasteiger partial charge in [-0.15, -0.1) is 0 Å². The summed E-state index contributed by atoms with van der Waals surface area (Å²) in [6.45, 7) is 7.21. The molecule has 1 saturated carbocycles. The van der Waals surface area contributed by atoms with Crippen molar-refractivity contribution in [1.29, 1.82) is 0 Å². The third-order valence-corrected chi connectivity index (χ3v) is 6.32. The summed E-state index contributed by atoms with van der Waals surface area (Å²) in [4.78, 5) is 29.3. The number of nitrogens with one attached hydrogen (secondary N) is 1. The zero-order valence-corrected chi connectivity index (χ0v) is 19.9. The Morgan fingerprint density at radius 1 is 1.22 bits per heavy atom. The van der Waals surface area contributed by atoms with E-state index >= 15 is 0 Å². The lowest BCUT2D eigenvalue weighted by atomic mass is 10.0. The molecule has 3 atom stereocenters. The van der Waals surface area contributed by atoms with Gasteiger partial charge in [0.2, 0.25) is 5.91 Å². The van der Waals surface area contributed by atoms with Crippen molar-refractivity contribution in [2.45, 2.75) is 38.8 Å². The van der Waals surface area contributed by atoms with Crippen molar-refractivity contribution in [3.63, 3.8) is 0 Å². The fourth-order valence-electron chi connectivity index (χ4n) is 4.14. The van der Waals surface area contributed by atoms with E-state index in [1.54, 1.807) is 37.3 Å². The molecule has 0 bridgehead atoms. The van der Waals surface area contributed by atoms with Gasteiger partial charge in [0.1, 0.15) is 19.0 Å². The van der Waals surface area contributed by atoms with Crippen molar-refractivity contribution in [2.75, 3.05) is 59.4 Å². The molecule has 2 aliphatic rings. The average molecular weight is 448 g/mol. The summed E-state index contributed by atoms with van der Waals surface area (Å²) in [6.07, 6.45) is 2.52. The minimum atomic E-state index is -0.259. The number of carbonyl (C=O) groups excluding carboxylic acids is 2. The molecule has 0 saturated heterocycles. The topological polar surface area (TPSA) is 80.3 Å². The Hall–Kier alpha value is -2.16. The van der Waals surface area contributed by atoms with Crippen LogP contribution in [0.1, 0.15) is 37.0 Å². The zero-order chi connectivity index (χ0) is 23.3. The van der Waals surface area contributed by atoms with Gasteiger partial charge in [0, 0.05) is 58.7 Å². The SMILES string of the molecule is COCC(=O)Nc1ccc2c(c1)OC[C@@H](C)N(CC1CC1)C[C@H](C)[C@@H](OC)CN(C)C2=O.